The van der Waals surface area contributed by atoms with Crippen LogP contribution in [0, 0.1) is 0 Å². The maximum Gasteiger partial charge on any atom is 0.329 e. The number of hydrogen-bond acceptors (Lipinski definition) is 2. The molecule has 0 saturated carbocycles. The van der Waals surface area contributed by atoms with Crippen molar-refractivity contribution in [3.8, 4) is 22.3 Å². The first-order chi connectivity index (χ1) is 34.5. The molecule has 0 saturated heterocycles. The second kappa shape index (κ2) is 16.0. The van der Waals surface area contributed by atoms with E-state index in [9.17, 15) is 0 Å². The molecule has 3 heterocycles. The van der Waals surface area contributed by atoms with Crippen LogP contribution < -0.4 is 15.3 Å². The fourth-order valence-corrected chi connectivity index (χ4v) is 12.5. The maximum absolute atomic E-state index is 2.80. The zero-order valence-corrected chi connectivity index (χ0v) is 45.6. The second-order valence-corrected chi connectivity index (χ2v) is 25.9. The van der Waals surface area contributed by atoms with Crippen LogP contribution in [-0.2, 0) is 27.1 Å². The van der Waals surface area contributed by atoms with Crippen molar-refractivity contribution in [2.45, 2.75) is 124 Å². The number of anilines is 5. The highest BCUT2D eigenvalue weighted by Gasteiger charge is 2.54. The standard InChI is InChI=1S/C69H70BN3/c1-65(2,3)44-32-35-49(36-33-44)72-59-42-47(68(10,11)12)39-51-52-40-46(67(7,8)9)41-54-60-57(71(48-26-19-16-20-27-48)56-29-22-21-28-50(56)43-24-17-15-18-25-43)30-23-31-58(60)73(62(52)54)70(61(51)59)64-63(72)53-38-45(66(4,5)6)34-37-55(53)69(64,13)14/h15-42H,1-14H3. The molecule has 73 heavy (non-hydrogen) atoms. The summed E-state index contributed by atoms with van der Waals surface area (Å²) in [7, 11) is 0. The molecule has 0 atom stereocenters. The van der Waals surface area contributed by atoms with Crippen molar-refractivity contribution in [2.75, 3.05) is 9.80 Å². The van der Waals surface area contributed by atoms with Gasteiger partial charge < -0.3 is 14.3 Å². The van der Waals surface area contributed by atoms with Gasteiger partial charge in [0.05, 0.1) is 11.4 Å². The van der Waals surface area contributed by atoms with Crippen molar-refractivity contribution < 1.29 is 0 Å². The van der Waals surface area contributed by atoms with Crippen molar-refractivity contribution in [1.29, 1.82) is 0 Å². The van der Waals surface area contributed by atoms with E-state index in [4.69, 9.17) is 0 Å². The Morgan fingerprint density at radius 3 is 1.68 bits per heavy atom. The van der Waals surface area contributed by atoms with Gasteiger partial charge in [-0.15, -0.1) is 0 Å². The van der Waals surface area contributed by atoms with E-state index in [0.29, 0.717) is 0 Å². The van der Waals surface area contributed by atoms with Gasteiger partial charge in [-0.2, -0.15) is 0 Å². The van der Waals surface area contributed by atoms with E-state index >= 15 is 0 Å². The molecule has 0 radical (unpaired) electrons. The Morgan fingerprint density at radius 1 is 0.466 bits per heavy atom. The second-order valence-electron chi connectivity index (χ2n) is 25.9. The SMILES string of the molecule is CC(C)(C)c1ccc(N2C3=C(B4c5c(cc(C(C)(C)C)cc52)-c2cc(C(C)(C)C)cc5c6c(N(c7ccccc7)c7ccccc7-c7ccccc7)cccc6n4c25)C(C)(C)c2ccc(C(C)(C)C)cc23)cc1. The van der Waals surface area contributed by atoms with Crippen LogP contribution in [0.2, 0.25) is 0 Å². The predicted octanol–water partition coefficient (Wildman–Crippen LogP) is 18.2. The first-order valence-electron chi connectivity index (χ1n) is 26.6. The maximum atomic E-state index is 2.80. The van der Waals surface area contributed by atoms with Crippen LogP contribution in [0.1, 0.15) is 130 Å². The lowest BCUT2D eigenvalue weighted by atomic mass is 9.40. The van der Waals surface area contributed by atoms with E-state index in [2.05, 4.69) is 281 Å². The van der Waals surface area contributed by atoms with Gasteiger partial charge in [-0.25, -0.2) is 0 Å². The molecule has 0 fully saturated rings. The minimum absolute atomic E-state index is 0.0265. The van der Waals surface area contributed by atoms with Crippen LogP contribution in [0.25, 0.3) is 49.8 Å². The third kappa shape index (κ3) is 7.21. The smallest absolute Gasteiger partial charge is 0.329 e. The molecule has 3 nitrogen and oxygen atoms in total. The molecule has 2 aliphatic heterocycles. The third-order valence-corrected chi connectivity index (χ3v) is 16.6. The molecule has 9 aromatic rings. The molecule has 0 amide bonds. The summed E-state index contributed by atoms with van der Waals surface area (Å²) in [4.78, 5) is 5.22. The summed E-state index contributed by atoms with van der Waals surface area (Å²) in [6.07, 6.45) is 0. The number of rotatable bonds is 5. The number of hydrogen-bond donors (Lipinski definition) is 0. The van der Waals surface area contributed by atoms with Gasteiger partial charge in [0.1, 0.15) is 0 Å². The third-order valence-electron chi connectivity index (χ3n) is 16.6. The van der Waals surface area contributed by atoms with Crippen molar-refractivity contribution in [3.05, 3.63) is 209 Å². The Bertz CT molecular complexity index is 3730. The fourth-order valence-electron chi connectivity index (χ4n) is 12.5. The molecule has 12 rings (SSSR count). The van der Waals surface area contributed by atoms with Crippen LogP contribution in [-0.4, -0.2) is 11.3 Å². The molecule has 1 aromatic heterocycles. The summed E-state index contributed by atoms with van der Waals surface area (Å²) >= 11 is 0. The summed E-state index contributed by atoms with van der Waals surface area (Å²) < 4.78 is 2.80. The Labute approximate surface area is 435 Å². The first-order valence-corrected chi connectivity index (χ1v) is 26.6. The first kappa shape index (κ1) is 47.0. The minimum Gasteiger partial charge on any atom is -0.375 e. The van der Waals surface area contributed by atoms with E-state index in [0.717, 1.165) is 11.4 Å². The molecular weight excluding hydrogens is 882 g/mol. The Hall–Kier alpha value is -7.04. The molecule has 3 aliphatic rings. The lowest BCUT2D eigenvalue weighted by Crippen LogP contribution is -2.52. The van der Waals surface area contributed by atoms with Crippen LogP contribution in [0.3, 0.4) is 0 Å². The summed E-state index contributed by atoms with van der Waals surface area (Å²) in [5.41, 5.74) is 25.2. The molecule has 4 heteroatoms. The van der Waals surface area contributed by atoms with E-state index in [1.54, 1.807) is 0 Å². The molecule has 0 unspecified atom stereocenters. The lowest BCUT2D eigenvalue weighted by Gasteiger charge is -2.44. The minimum atomic E-state index is -0.318. The van der Waals surface area contributed by atoms with Crippen molar-refractivity contribution in [3.63, 3.8) is 0 Å². The molecule has 0 bridgehead atoms. The van der Waals surface area contributed by atoms with E-state index in [1.807, 2.05) is 0 Å². The molecule has 8 aromatic carbocycles. The number of fused-ring (bicyclic) bond motifs is 8. The fraction of sp³-hybridized carbons (Fsp3) is 0.275. The van der Waals surface area contributed by atoms with E-state index in [1.165, 1.54) is 111 Å². The molecule has 0 spiro atoms. The zero-order chi connectivity index (χ0) is 51.3. The number of aromatic nitrogens is 1. The summed E-state index contributed by atoms with van der Waals surface area (Å²) in [6, 6.07) is 65.2. The van der Waals surface area contributed by atoms with Gasteiger partial charge in [0.15, 0.2) is 0 Å². The topological polar surface area (TPSA) is 11.4 Å². The lowest BCUT2D eigenvalue weighted by molar-refractivity contribution is 0.588. The van der Waals surface area contributed by atoms with Gasteiger partial charge in [0.25, 0.3) is 0 Å². The Morgan fingerprint density at radius 2 is 1.03 bits per heavy atom. The van der Waals surface area contributed by atoms with E-state index < -0.39 is 0 Å². The van der Waals surface area contributed by atoms with Gasteiger partial charge in [-0.1, -0.05) is 200 Å². The number of nitrogens with zero attached hydrogens (tertiary/aromatic N) is 3. The zero-order valence-electron chi connectivity index (χ0n) is 45.6. The van der Waals surface area contributed by atoms with Crippen LogP contribution in [0.15, 0.2) is 175 Å². The predicted molar refractivity (Wildman–Crippen MR) is 316 cm³/mol. The van der Waals surface area contributed by atoms with E-state index in [-0.39, 0.29) is 33.9 Å². The quantitative estimate of drug-likeness (QED) is 0.159. The average molecular weight is 952 g/mol. The highest BCUT2D eigenvalue weighted by Crippen LogP contribution is 2.58. The van der Waals surface area contributed by atoms with Gasteiger partial charge in [-0.3, -0.25) is 0 Å². The molecule has 0 N–H and O–H groups in total. The summed E-state index contributed by atoms with van der Waals surface area (Å²) in [5, 5.41) is 2.57. The highest BCUT2D eigenvalue weighted by molar-refractivity contribution is 6.85. The summed E-state index contributed by atoms with van der Waals surface area (Å²) in [5.74, 6) is 0. The number of allylic oxidation sites excluding steroid dienone is 1. The van der Waals surface area contributed by atoms with Gasteiger partial charge in [-0.05, 0) is 138 Å². The Balaban J connectivity index is 1.26. The van der Waals surface area contributed by atoms with Gasteiger partial charge >= 0.3 is 6.85 Å². The van der Waals surface area contributed by atoms with Gasteiger partial charge in [0.2, 0.25) is 0 Å². The molecular formula is C69H70BN3. The summed E-state index contributed by atoms with van der Waals surface area (Å²) in [6.45, 7) is 33.2. The molecule has 364 valence electrons. The highest BCUT2D eigenvalue weighted by atomic mass is 15.2. The van der Waals surface area contributed by atoms with Gasteiger partial charge in [0, 0.05) is 66.7 Å². The van der Waals surface area contributed by atoms with Crippen LogP contribution in [0.4, 0.5) is 28.4 Å². The number of benzene rings is 8. The Kier molecular flexibility index (Phi) is 10.3. The number of para-hydroxylation sites is 2. The largest absolute Gasteiger partial charge is 0.375 e. The van der Waals surface area contributed by atoms with Crippen molar-refractivity contribution in [1.82, 2.24) is 4.48 Å². The normalized spacial score (nSPS) is 15.0. The van der Waals surface area contributed by atoms with Crippen molar-refractivity contribution >= 4 is 68.3 Å². The van der Waals surface area contributed by atoms with Crippen LogP contribution >= 0.6 is 0 Å². The monoisotopic (exact) mass is 952 g/mol. The van der Waals surface area contributed by atoms with Crippen molar-refractivity contribution in [2.24, 2.45) is 0 Å². The average Bonchev–Trinajstić information content (AvgIpc) is 3.81. The van der Waals surface area contributed by atoms with Crippen LogP contribution in [0.5, 0.6) is 0 Å². The molecule has 1 aliphatic carbocycles.